The largest absolute Gasteiger partial charge is 0.353 e. The number of carbonyl (C=O) groups excluding carboxylic acids is 1. The number of aromatic nitrogens is 2. The van der Waals surface area contributed by atoms with Gasteiger partial charge in [-0.25, -0.2) is 13.4 Å². The number of nitrogens with one attached hydrogen (secondary N) is 1. The molecule has 0 saturated heterocycles. The molecular formula is C26H32N4O3S. The predicted octanol–water partition coefficient (Wildman–Crippen LogP) is 4.66. The summed E-state index contributed by atoms with van der Waals surface area (Å²) in [4.78, 5) is 23.8. The predicted molar refractivity (Wildman–Crippen MR) is 137 cm³/mol. The summed E-state index contributed by atoms with van der Waals surface area (Å²) in [5, 5.41) is 0. The molecule has 0 aliphatic rings. The minimum atomic E-state index is -3.50. The Morgan fingerprint density at radius 2 is 1.50 bits per heavy atom. The van der Waals surface area contributed by atoms with Crippen LogP contribution in [0.3, 0.4) is 0 Å². The summed E-state index contributed by atoms with van der Waals surface area (Å²) < 4.78 is 24.3. The lowest BCUT2D eigenvalue weighted by atomic mass is 10.0. The van der Waals surface area contributed by atoms with Crippen molar-refractivity contribution in [1.29, 1.82) is 0 Å². The van der Waals surface area contributed by atoms with E-state index in [-0.39, 0.29) is 12.5 Å². The van der Waals surface area contributed by atoms with Gasteiger partial charge in [-0.2, -0.15) is 0 Å². The van der Waals surface area contributed by atoms with Gasteiger partial charge in [0.25, 0.3) is 0 Å². The van der Waals surface area contributed by atoms with Crippen LogP contribution in [-0.2, 0) is 14.8 Å². The number of anilines is 1. The molecule has 8 heteroatoms. The van der Waals surface area contributed by atoms with Crippen molar-refractivity contribution in [3.05, 3.63) is 66.9 Å². The van der Waals surface area contributed by atoms with Crippen LogP contribution in [0.2, 0.25) is 0 Å². The van der Waals surface area contributed by atoms with Crippen LogP contribution in [0, 0.1) is 0 Å². The average Bonchev–Trinajstić information content (AvgIpc) is 2.81. The molecule has 7 nitrogen and oxygen atoms in total. The normalized spacial score (nSPS) is 11.4. The Labute approximate surface area is 202 Å². The molecule has 180 valence electrons. The first-order chi connectivity index (χ1) is 16.2. The Kier molecular flexibility index (Phi) is 8.76. The van der Waals surface area contributed by atoms with Gasteiger partial charge < -0.3 is 4.90 Å². The van der Waals surface area contributed by atoms with Crippen LogP contribution in [0.1, 0.15) is 39.5 Å². The van der Waals surface area contributed by atoms with Gasteiger partial charge in [-0.05, 0) is 26.7 Å². The first-order valence-electron chi connectivity index (χ1n) is 11.5. The van der Waals surface area contributed by atoms with E-state index in [1.54, 1.807) is 0 Å². The highest BCUT2D eigenvalue weighted by Gasteiger charge is 2.17. The number of benzene rings is 2. The third kappa shape index (κ3) is 7.38. The van der Waals surface area contributed by atoms with Gasteiger partial charge in [-0.1, -0.05) is 67.1 Å². The summed E-state index contributed by atoms with van der Waals surface area (Å²) >= 11 is 0. The van der Waals surface area contributed by atoms with Crippen molar-refractivity contribution in [3.63, 3.8) is 0 Å². The number of rotatable bonds is 11. The van der Waals surface area contributed by atoms with Crippen LogP contribution < -0.4 is 9.62 Å². The minimum absolute atomic E-state index is 0.193. The van der Waals surface area contributed by atoms with Crippen LogP contribution in [0.4, 0.5) is 5.82 Å². The van der Waals surface area contributed by atoms with E-state index < -0.39 is 15.9 Å². The fraction of sp³-hybridized carbons (Fsp3) is 0.346. The van der Waals surface area contributed by atoms with E-state index >= 15 is 0 Å². The molecule has 34 heavy (non-hydrogen) atoms. The van der Waals surface area contributed by atoms with Crippen molar-refractivity contribution in [2.45, 2.75) is 45.6 Å². The van der Waals surface area contributed by atoms with Crippen LogP contribution in [-0.4, -0.2) is 43.1 Å². The Bertz CT molecular complexity index is 1180. The molecule has 1 aromatic heterocycles. The Hall–Kier alpha value is -3.26. The molecule has 0 spiro atoms. The number of hydrogen-bond donors (Lipinski definition) is 1. The summed E-state index contributed by atoms with van der Waals surface area (Å²) in [5.41, 5.74) is 3.71. The van der Waals surface area contributed by atoms with Crippen LogP contribution in [0.25, 0.3) is 22.5 Å². The van der Waals surface area contributed by atoms with Gasteiger partial charge in [-0.15, -0.1) is 0 Å². The number of carbonyl (C=O) groups is 1. The first kappa shape index (κ1) is 25.4. The fourth-order valence-electron chi connectivity index (χ4n) is 3.76. The molecule has 1 heterocycles. The molecule has 3 aromatic rings. The minimum Gasteiger partial charge on any atom is -0.353 e. The van der Waals surface area contributed by atoms with E-state index in [2.05, 4.69) is 18.7 Å². The van der Waals surface area contributed by atoms with Gasteiger partial charge in [0, 0.05) is 30.1 Å². The smallest absolute Gasteiger partial charge is 0.233 e. The van der Waals surface area contributed by atoms with E-state index in [4.69, 9.17) is 9.97 Å². The molecule has 0 saturated carbocycles. The van der Waals surface area contributed by atoms with Crippen LogP contribution in [0.5, 0.6) is 0 Å². The lowest BCUT2D eigenvalue weighted by molar-refractivity contribution is -0.119. The zero-order valence-electron chi connectivity index (χ0n) is 19.9. The highest BCUT2D eigenvalue weighted by atomic mass is 32.2. The molecule has 0 atom stereocenters. The molecule has 2 aromatic carbocycles. The van der Waals surface area contributed by atoms with Gasteiger partial charge >= 0.3 is 0 Å². The summed E-state index contributed by atoms with van der Waals surface area (Å²) in [6.07, 6.45) is 5.29. The summed E-state index contributed by atoms with van der Waals surface area (Å²) in [5.74, 6) is 0.349. The molecular weight excluding hydrogens is 448 g/mol. The highest BCUT2D eigenvalue weighted by molar-refractivity contribution is 7.89. The number of sulfonamides is 1. The maximum Gasteiger partial charge on any atom is 0.233 e. The molecule has 0 fully saturated rings. The molecule has 1 amide bonds. The molecule has 1 N–H and O–H groups in total. The van der Waals surface area contributed by atoms with E-state index in [1.807, 2.05) is 71.6 Å². The van der Waals surface area contributed by atoms with E-state index in [0.717, 1.165) is 54.0 Å². The number of nitrogens with zero attached hydrogens (tertiary/aromatic N) is 3. The van der Waals surface area contributed by atoms with Crippen molar-refractivity contribution >= 4 is 21.7 Å². The van der Waals surface area contributed by atoms with Crippen LogP contribution >= 0.6 is 0 Å². The SMILES string of the molecule is CC(C)N(CCCCCC(=O)NS(C)(=O)=O)c1cnc(-c2ccccc2)c(-c2ccccc2)n1. The van der Waals surface area contributed by atoms with Crippen molar-refractivity contribution in [2.75, 3.05) is 17.7 Å². The van der Waals surface area contributed by atoms with Gasteiger partial charge in [0.15, 0.2) is 0 Å². The fourth-order valence-corrected chi connectivity index (χ4v) is 4.28. The van der Waals surface area contributed by atoms with Gasteiger partial charge in [-0.3, -0.25) is 14.5 Å². The Morgan fingerprint density at radius 3 is 2.06 bits per heavy atom. The maximum absolute atomic E-state index is 11.7. The first-order valence-corrected chi connectivity index (χ1v) is 13.4. The highest BCUT2D eigenvalue weighted by Crippen LogP contribution is 2.31. The summed E-state index contributed by atoms with van der Waals surface area (Å²) in [6, 6.07) is 20.3. The van der Waals surface area contributed by atoms with Crippen molar-refractivity contribution in [2.24, 2.45) is 0 Å². The van der Waals surface area contributed by atoms with Gasteiger partial charge in [0.2, 0.25) is 15.9 Å². The lowest BCUT2D eigenvalue weighted by Gasteiger charge is -2.28. The third-order valence-electron chi connectivity index (χ3n) is 5.37. The quantitative estimate of drug-likeness (QED) is 0.401. The Morgan fingerprint density at radius 1 is 0.912 bits per heavy atom. The second-order valence-corrected chi connectivity index (χ2v) is 10.3. The monoisotopic (exact) mass is 480 g/mol. The van der Waals surface area contributed by atoms with E-state index in [9.17, 15) is 13.2 Å². The molecule has 0 radical (unpaired) electrons. The molecule has 0 unspecified atom stereocenters. The third-order valence-corrected chi connectivity index (χ3v) is 5.97. The summed E-state index contributed by atoms with van der Waals surface area (Å²) in [7, 11) is -3.50. The molecule has 0 bridgehead atoms. The summed E-state index contributed by atoms with van der Waals surface area (Å²) in [6.45, 7) is 5.00. The number of amides is 1. The van der Waals surface area contributed by atoms with Crippen molar-refractivity contribution in [1.82, 2.24) is 14.7 Å². The second-order valence-electron chi connectivity index (χ2n) is 8.55. The maximum atomic E-state index is 11.7. The zero-order valence-corrected chi connectivity index (χ0v) is 20.8. The van der Waals surface area contributed by atoms with Crippen molar-refractivity contribution in [3.8, 4) is 22.5 Å². The molecule has 0 aliphatic carbocycles. The second kappa shape index (κ2) is 11.7. The van der Waals surface area contributed by atoms with Gasteiger partial charge in [0.1, 0.15) is 5.82 Å². The van der Waals surface area contributed by atoms with E-state index in [1.165, 1.54) is 0 Å². The number of hydrogen-bond acceptors (Lipinski definition) is 6. The lowest BCUT2D eigenvalue weighted by Crippen LogP contribution is -2.33. The Balaban J connectivity index is 1.75. The van der Waals surface area contributed by atoms with Crippen LogP contribution in [0.15, 0.2) is 66.9 Å². The standard InChI is InChI=1S/C26H32N4O3S/c1-20(2)30(18-12-6-11-17-24(31)29-34(3,32)33)23-19-27-25(21-13-7-4-8-14-21)26(28-23)22-15-9-5-10-16-22/h4-5,7-10,13-16,19-20H,6,11-12,17-18H2,1-3H3,(H,29,31). The number of unbranched alkanes of at least 4 members (excludes halogenated alkanes) is 2. The zero-order chi connectivity index (χ0) is 24.6. The molecule has 3 rings (SSSR count). The average molecular weight is 481 g/mol. The van der Waals surface area contributed by atoms with Gasteiger partial charge in [0.05, 0.1) is 23.8 Å². The van der Waals surface area contributed by atoms with Crippen molar-refractivity contribution < 1.29 is 13.2 Å². The topological polar surface area (TPSA) is 92.3 Å². The van der Waals surface area contributed by atoms with E-state index in [0.29, 0.717) is 6.42 Å². The molecule has 0 aliphatic heterocycles.